The van der Waals surface area contributed by atoms with Crippen LogP contribution in [0.2, 0.25) is 0 Å². The monoisotopic (exact) mass is 277 g/mol. The summed E-state index contributed by atoms with van der Waals surface area (Å²) in [5.74, 6) is 1.07. The summed E-state index contributed by atoms with van der Waals surface area (Å²) in [7, 11) is 0. The van der Waals surface area contributed by atoms with E-state index >= 15 is 0 Å². The van der Waals surface area contributed by atoms with Crippen LogP contribution in [0.5, 0.6) is 11.5 Å². The number of aryl methyl sites for hydroxylation is 1. The van der Waals surface area contributed by atoms with Gasteiger partial charge in [0.15, 0.2) is 5.75 Å². The van der Waals surface area contributed by atoms with E-state index in [-0.39, 0.29) is 5.82 Å². The van der Waals surface area contributed by atoms with Crippen molar-refractivity contribution in [2.45, 2.75) is 33.4 Å². The summed E-state index contributed by atoms with van der Waals surface area (Å²) in [5.41, 5.74) is 0.801. The van der Waals surface area contributed by atoms with Crippen molar-refractivity contribution in [3.8, 4) is 11.5 Å². The number of benzene rings is 1. The van der Waals surface area contributed by atoms with Gasteiger partial charge in [-0.3, -0.25) is 4.68 Å². The summed E-state index contributed by atoms with van der Waals surface area (Å²) in [6, 6.07) is 4.55. The Kier molecular flexibility index (Phi) is 5.12. The van der Waals surface area contributed by atoms with Crippen LogP contribution in [0.3, 0.4) is 0 Å². The van der Waals surface area contributed by atoms with E-state index in [9.17, 15) is 4.39 Å². The van der Waals surface area contributed by atoms with Gasteiger partial charge in [0.1, 0.15) is 11.6 Å². The van der Waals surface area contributed by atoms with Crippen molar-refractivity contribution in [2.24, 2.45) is 0 Å². The molecule has 0 atom stereocenters. The summed E-state index contributed by atoms with van der Waals surface area (Å²) < 4.78 is 21.0. The minimum absolute atomic E-state index is 0.257. The number of halogens is 1. The summed E-state index contributed by atoms with van der Waals surface area (Å²) in [5, 5.41) is 7.39. The van der Waals surface area contributed by atoms with E-state index in [0.717, 1.165) is 25.1 Å². The molecule has 5 heteroatoms. The van der Waals surface area contributed by atoms with Crippen LogP contribution in [0.15, 0.2) is 30.6 Å². The molecule has 1 heterocycles. The van der Waals surface area contributed by atoms with E-state index in [2.05, 4.69) is 17.3 Å². The minimum atomic E-state index is -0.257. The highest BCUT2D eigenvalue weighted by molar-refractivity contribution is 5.37. The lowest BCUT2D eigenvalue weighted by molar-refractivity contribution is 0.469. The van der Waals surface area contributed by atoms with E-state index in [1.165, 1.54) is 12.1 Å². The fraction of sp³-hybridized carbons (Fsp3) is 0.400. The molecular weight excluding hydrogens is 257 g/mol. The van der Waals surface area contributed by atoms with Crippen LogP contribution in [-0.2, 0) is 13.1 Å². The molecule has 108 valence electrons. The zero-order valence-electron chi connectivity index (χ0n) is 11.9. The summed E-state index contributed by atoms with van der Waals surface area (Å²) in [6.07, 6.45) is 4.54. The molecule has 1 aromatic carbocycles. The maximum atomic E-state index is 13.3. The Morgan fingerprint density at radius 2 is 2.20 bits per heavy atom. The molecule has 0 bridgehead atoms. The third-order valence-electron chi connectivity index (χ3n) is 2.88. The van der Waals surface area contributed by atoms with Crippen LogP contribution >= 0.6 is 0 Å². The molecule has 0 amide bonds. The molecule has 0 saturated heterocycles. The van der Waals surface area contributed by atoms with Crippen LogP contribution < -0.4 is 10.1 Å². The fourth-order valence-electron chi connectivity index (χ4n) is 1.92. The Hall–Kier alpha value is -1.88. The first-order valence-electron chi connectivity index (χ1n) is 6.92. The molecule has 1 N–H and O–H groups in total. The molecule has 1 aromatic heterocycles. The smallest absolute Gasteiger partial charge is 0.165 e. The Morgan fingerprint density at radius 3 is 2.95 bits per heavy atom. The average Bonchev–Trinajstić information content (AvgIpc) is 2.87. The first kappa shape index (κ1) is 14.5. The SMILES string of the molecule is CCCn1cc(Oc2ccc(F)cc2CNCC)cn1. The van der Waals surface area contributed by atoms with Gasteiger partial charge in [-0.05, 0) is 31.2 Å². The van der Waals surface area contributed by atoms with Crippen molar-refractivity contribution in [2.75, 3.05) is 6.54 Å². The number of hydrogen-bond donors (Lipinski definition) is 1. The maximum absolute atomic E-state index is 13.3. The highest BCUT2D eigenvalue weighted by atomic mass is 19.1. The predicted octanol–water partition coefficient (Wildman–Crippen LogP) is 3.33. The van der Waals surface area contributed by atoms with Gasteiger partial charge >= 0.3 is 0 Å². The van der Waals surface area contributed by atoms with Crippen molar-refractivity contribution in [3.63, 3.8) is 0 Å². The van der Waals surface area contributed by atoms with E-state index in [0.29, 0.717) is 18.0 Å². The van der Waals surface area contributed by atoms with Gasteiger partial charge in [-0.1, -0.05) is 13.8 Å². The molecule has 2 rings (SSSR count). The molecule has 0 aliphatic carbocycles. The van der Waals surface area contributed by atoms with E-state index in [4.69, 9.17) is 4.74 Å². The lowest BCUT2D eigenvalue weighted by Crippen LogP contribution is -2.12. The predicted molar refractivity (Wildman–Crippen MR) is 76.4 cm³/mol. The Morgan fingerprint density at radius 1 is 1.35 bits per heavy atom. The number of hydrogen-bond acceptors (Lipinski definition) is 3. The standard InChI is InChI=1S/C15H20FN3O/c1-3-7-19-11-14(10-18-19)20-15-6-5-13(16)8-12(15)9-17-4-2/h5-6,8,10-11,17H,3-4,7,9H2,1-2H3. The van der Waals surface area contributed by atoms with Crippen molar-refractivity contribution < 1.29 is 9.13 Å². The number of rotatable bonds is 7. The van der Waals surface area contributed by atoms with Crippen molar-refractivity contribution in [1.82, 2.24) is 15.1 Å². The Bertz CT molecular complexity index is 554. The second-order valence-electron chi connectivity index (χ2n) is 4.57. The molecular formula is C15H20FN3O. The fourth-order valence-corrected chi connectivity index (χ4v) is 1.92. The van der Waals surface area contributed by atoms with Gasteiger partial charge in [-0.2, -0.15) is 5.10 Å². The summed E-state index contributed by atoms with van der Waals surface area (Å²) in [4.78, 5) is 0. The molecule has 20 heavy (non-hydrogen) atoms. The molecule has 4 nitrogen and oxygen atoms in total. The van der Waals surface area contributed by atoms with Gasteiger partial charge in [0.25, 0.3) is 0 Å². The van der Waals surface area contributed by atoms with Gasteiger partial charge in [-0.25, -0.2) is 4.39 Å². The van der Waals surface area contributed by atoms with Gasteiger partial charge < -0.3 is 10.1 Å². The van der Waals surface area contributed by atoms with Crippen LogP contribution in [0.1, 0.15) is 25.8 Å². The first-order chi connectivity index (χ1) is 9.72. The number of aromatic nitrogens is 2. The largest absolute Gasteiger partial charge is 0.454 e. The lowest BCUT2D eigenvalue weighted by Gasteiger charge is -2.10. The average molecular weight is 277 g/mol. The molecule has 2 aromatic rings. The number of nitrogens with zero attached hydrogens (tertiary/aromatic N) is 2. The maximum Gasteiger partial charge on any atom is 0.165 e. The van der Waals surface area contributed by atoms with Gasteiger partial charge in [0.2, 0.25) is 0 Å². The second-order valence-corrected chi connectivity index (χ2v) is 4.57. The van der Waals surface area contributed by atoms with Crippen LogP contribution in [0.4, 0.5) is 4.39 Å². The zero-order valence-corrected chi connectivity index (χ0v) is 11.9. The third kappa shape index (κ3) is 3.81. The second kappa shape index (κ2) is 7.05. The highest BCUT2D eigenvalue weighted by Crippen LogP contribution is 2.25. The van der Waals surface area contributed by atoms with E-state index in [1.807, 2.05) is 17.8 Å². The molecule has 0 fully saturated rings. The Balaban J connectivity index is 2.14. The first-order valence-corrected chi connectivity index (χ1v) is 6.92. The molecule has 0 aliphatic heterocycles. The lowest BCUT2D eigenvalue weighted by atomic mass is 10.2. The summed E-state index contributed by atoms with van der Waals surface area (Å²) >= 11 is 0. The third-order valence-corrected chi connectivity index (χ3v) is 2.88. The van der Waals surface area contributed by atoms with Crippen molar-refractivity contribution >= 4 is 0 Å². The van der Waals surface area contributed by atoms with Crippen LogP contribution in [0, 0.1) is 5.82 Å². The molecule has 0 unspecified atom stereocenters. The van der Waals surface area contributed by atoms with E-state index in [1.54, 1.807) is 12.3 Å². The minimum Gasteiger partial charge on any atom is -0.454 e. The quantitative estimate of drug-likeness (QED) is 0.843. The van der Waals surface area contributed by atoms with Crippen molar-refractivity contribution in [3.05, 3.63) is 42.0 Å². The van der Waals surface area contributed by atoms with Crippen molar-refractivity contribution in [1.29, 1.82) is 0 Å². The topological polar surface area (TPSA) is 39.1 Å². The number of nitrogens with one attached hydrogen (secondary N) is 1. The normalized spacial score (nSPS) is 10.8. The zero-order chi connectivity index (χ0) is 14.4. The molecule has 0 radical (unpaired) electrons. The van der Waals surface area contributed by atoms with Gasteiger partial charge in [-0.15, -0.1) is 0 Å². The van der Waals surface area contributed by atoms with Crippen LogP contribution in [-0.4, -0.2) is 16.3 Å². The number of ether oxygens (including phenoxy) is 1. The highest BCUT2D eigenvalue weighted by Gasteiger charge is 2.08. The molecule has 0 spiro atoms. The van der Waals surface area contributed by atoms with E-state index < -0.39 is 0 Å². The summed E-state index contributed by atoms with van der Waals surface area (Å²) in [6.45, 7) is 6.36. The Labute approximate surface area is 118 Å². The van der Waals surface area contributed by atoms with Crippen LogP contribution in [0.25, 0.3) is 0 Å². The van der Waals surface area contributed by atoms with Gasteiger partial charge in [0.05, 0.1) is 12.4 Å². The van der Waals surface area contributed by atoms with Gasteiger partial charge in [0, 0.05) is 18.7 Å². The molecule has 0 aliphatic rings. The molecule has 0 saturated carbocycles.